The van der Waals surface area contributed by atoms with E-state index in [1.807, 2.05) is 11.8 Å². The summed E-state index contributed by atoms with van der Waals surface area (Å²) < 4.78 is 11.8. The highest BCUT2D eigenvalue weighted by Crippen LogP contribution is 2.56. The first-order chi connectivity index (χ1) is 9.76. The summed E-state index contributed by atoms with van der Waals surface area (Å²) in [5.41, 5.74) is 0.151. The van der Waals surface area contributed by atoms with Gasteiger partial charge in [-0.05, 0) is 19.8 Å². The van der Waals surface area contributed by atoms with Gasteiger partial charge in [0.05, 0.1) is 6.10 Å². The van der Waals surface area contributed by atoms with Crippen LogP contribution >= 0.6 is 23.5 Å². The van der Waals surface area contributed by atoms with Crippen molar-refractivity contribution in [1.82, 2.24) is 0 Å². The van der Waals surface area contributed by atoms with Crippen LogP contribution in [0.25, 0.3) is 0 Å². The highest BCUT2D eigenvalue weighted by molar-refractivity contribution is 8.07. The van der Waals surface area contributed by atoms with E-state index in [-0.39, 0.29) is 22.7 Å². The number of hydrogen-bond donors (Lipinski definition) is 0. The maximum absolute atomic E-state index is 12.3. The number of hydrogen-bond acceptors (Lipinski definition) is 5. The van der Waals surface area contributed by atoms with Gasteiger partial charge in [-0.25, -0.2) is 0 Å². The molecule has 3 rings (SSSR count). The van der Waals surface area contributed by atoms with Crippen molar-refractivity contribution in [2.75, 3.05) is 23.9 Å². The van der Waals surface area contributed by atoms with E-state index in [4.69, 9.17) is 9.47 Å². The lowest BCUT2D eigenvalue weighted by Gasteiger charge is -2.52. The van der Waals surface area contributed by atoms with Gasteiger partial charge in [-0.2, -0.15) is 11.8 Å². The van der Waals surface area contributed by atoms with E-state index in [2.05, 4.69) is 6.92 Å². The normalized spacial score (nSPS) is 35.8. The van der Waals surface area contributed by atoms with Crippen LogP contribution in [0.15, 0.2) is 0 Å². The number of rotatable bonds is 4. The number of carbonyl (C=O) groups is 1. The van der Waals surface area contributed by atoms with Crippen LogP contribution in [-0.2, 0) is 14.3 Å². The minimum Gasteiger partial charge on any atom is -0.461 e. The third-order valence-electron chi connectivity index (χ3n) is 4.95. The molecule has 1 heterocycles. The fraction of sp³-hybridized carbons (Fsp3) is 0.933. The molecule has 0 unspecified atom stereocenters. The van der Waals surface area contributed by atoms with Gasteiger partial charge in [0.1, 0.15) is 11.4 Å². The number of thioether (sulfide) groups is 2. The van der Waals surface area contributed by atoms with Crippen molar-refractivity contribution in [3.63, 3.8) is 0 Å². The molecule has 0 amide bonds. The molecule has 0 bridgehead atoms. The molecule has 5 heteroatoms. The highest BCUT2D eigenvalue weighted by atomic mass is 32.2. The molecular formula is C15H24O3S2. The molecule has 0 aromatic rings. The smallest absolute Gasteiger partial charge is 0.320 e. The minimum atomic E-state index is 0.0217. The third-order valence-corrected chi connectivity index (χ3v) is 7.68. The molecule has 3 fully saturated rings. The quantitative estimate of drug-likeness (QED) is 0.745. The van der Waals surface area contributed by atoms with Gasteiger partial charge in [0.15, 0.2) is 0 Å². The maximum atomic E-state index is 12.3. The molecule has 0 aromatic carbocycles. The van der Waals surface area contributed by atoms with Crippen LogP contribution in [0.2, 0.25) is 0 Å². The summed E-state index contributed by atoms with van der Waals surface area (Å²) in [6.45, 7) is 2.82. The number of ether oxygens (including phenoxy) is 2. The van der Waals surface area contributed by atoms with E-state index < -0.39 is 0 Å². The second kappa shape index (κ2) is 6.49. The Kier molecular flexibility index (Phi) is 4.88. The minimum absolute atomic E-state index is 0.0217. The van der Waals surface area contributed by atoms with E-state index in [0.717, 1.165) is 30.3 Å². The number of carbonyl (C=O) groups excluding carboxylic acids is 1. The van der Waals surface area contributed by atoms with E-state index in [9.17, 15) is 4.79 Å². The summed E-state index contributed by atoms with van der Waals surface area (Å²) in [6.07, 6.45) is 6.19. The predicted octanol–water partition coefficient (Wildman–Crippen LogP) is 3.12. The van der Waals surface area contributed by atoms with Gasteiger partial charge in [0.25, 0.3) is 0 Å². The summed E-state index contributed by atoms with van der Waals surface area (Å²) in [7, 11) is 0. The molecular weight excluding hydrogens is 292 g/mol. The van der Waals surface area contributed by atoms with Crippen molar-refractivity contribution in [2.24, 2.45) is 5.41 Å². The van der Waals surface area contributed by atoms with E-state index in [1.54, 1.807) is 11.8 Å². The second-order valence-electron chi connectivity index (χ2n) is 5.98. The van der Waals surface area contributed by atoms with Crippen molar-refractivity contribution >= 4 is 29.5 Å². The average molecular weight is 316 g/mol. The van der Waals surface area contributed by atoms with Gasteiger partial charge in [0.2, 0.25) is 0 Å². The van der Waals surface area contributed by atoms with Crippen LogP contribution in [-0.4, -0.2) is 47.3 Å². The standard InChI is InChI=1S/C15H24O3S2/c1-2-17-12-9-13(15(12)5-3-4-6-15)18-14(16)11-10-19-7-8-20-11/h11-13H,2-10H2,1H3/t11-,12-,13-/m1/s1. The van der Waals surface area contributed by atoms with Gasteiger partial charge in [-0.3, -0.25) is 4.79 Å². The molecule has 1 spiro atoms. The molecule has 114 valence electrons. The van der Waals surface area contributed by atoms with E-state index in [1.165, 1.54) is 25.7 Å². The molecule has 0 N–H and O–H groups in total. The molecule has 3 aliphatic rings. The first-order valence-corrected chi connectivity index (χ1v) is 9.98. The lowest BCUT2D eigenvalue weighted by molar-refractivity contribution is -0.210. The second-order valence-corrected chi connectivity index (χ2v) is 8.44. The van der Waals surface area contributed by atoms with Crippen LogP contribution in [0.3, 0.4) is 0 Å². The Morgan fingerprint density at radius 3 is 2.70 bits per heavy atom. The zero-order chi connectivity index (χ0) is 14.0. The molecule has 3 nitrogen and oxygen atoms in total. The fourth-order valence-electron chi connectivity index (χ4n) is 3.83. The molecule has 2 saturated carbocycles. The van der Waals surface area contributed by atoms with Crippen molar-refractivity contribution in [3.05, 3.63) is 0 Å². The van der Waals surface area contributed by atoms with Gasteiger partial charge in [-0.15, -0.1) is 11.8 Å². The van der Waals surface area contributed by atoms with Gasteiger partial charge in [-0.1, -0.05) is 12.8 Å². The lowest BCUT2D eigenvalue weighted by atomic mass is 9.62. The summed E-state index contributed by atoms with van der Waals surface area (Å²) in [4.78, 5) is 12.3. The molecule has 20 heavy (non-hydrogen) atoms. The first kappa shape index (κ1) is 15.0. The summed E-state index contributed by atoms with van der Waals surface area (Å²) >= 11 is 3.63. The Morgan fingerprint density at radius 2 is 2.05 bits per heavy atom. The molecule has 2 aliphatic carbocycles. The Morgan fingerprint density at radius 1 is 1.25 bits per heavy atom. The summed E-state index contributed by atoms with van der Waals surface area (Å²) in [5.74, 6) is 3.17. The van der Waals surface area contributed by atoms with Gasteiger partial charge in [0, 0.05) is 35.7 Å². The van der Waals surface area contributed by atoms with Crippen molar-refractivity contribution < 1.29 is 14.3 Å². The fourth-order valence-corrected chi connectivity index (χ4v) is 6.35. The first-order valence-electron chi connectivity index (χ1n) is 7.78. The van der Waals surface area contributed by atoms with Crippen molar-refractivity contribution in [2.45, 2.75) is 56.5 Å². The molecule has 0 aromatic heterocycles. The lowest BCUT2D eigenvalue weighted by Crippen LogP contribution is -2.59. The predicted molar refractivity (Wildman–Crippen MR) is 84.4 cm³/mol. The third kappa shape index (κ3) is 2.73. The van der Waals surface area contributed by atoms with Crippen molar-refractivity contribution in [3.8, 4) is 0 Å². The number of esters is 1. The van der Waals surface area contributed by atoms with Crippen LogP contribution in [0.5, 0.6) is 0 Å². The summed E-state index contributed by atoms with van der Waals surface area (Å²) in [6, 6.07) is 0. The Labute approximate surface area is 129 Å². The Balaban J connectivity index is 1.58. The zero-order valence-electron chi connectivity index (χ0n) is 12.1. The van der Waals surface area contributed by atoms with Crippen molar-refractivity contribution in [1.29, 1.82) is 0 Å². The Bertz CT molecular complexity index is 349. The van der Waals surface area contributed by atoms with Gasteiger partial charge < -0.3 is 9.47 Å². The average Bonchev–Trinajstić information content (AvgIpc) is 2.99. The van der Waals surface area contributed by atoms with Gasteiger partial charge >= 0.3 is 5.97 Å². The van der Waals surface area contributed by atoms with E-state index >= 15 is 0 Å². The molecule has 0 radical (unpaired) electrons. The maximum Gasteiger partial charge on any atom is 0.320 e. The van der Waals surface area contributed by atoms with Crippen LogP contribution in [0.4, 0.5) is 0 Å². The monoisotopic (exact) mass is 316 g/mol. The highest BCUT2D eigenvalue weighted by Gasteiger charge is 2.59. The van der Waals surface area contributed by atoms with E-state index in [0.29, 0.717) is 6.10 Å². The molecule has 1 aliphatic heterocycles. The van der Waals surface area contributed by atoms with Crippen LogP contribution < -0.4 is 0 Å². The topological polar surface area (TPSA) is 35.5 Å². The zero-order valence-corrected chi connectivity index (χ0v) is 13.8. The molecule has 3 atom stereocenters. The largest absolute Gasteiger partial charge is 0.461 e. The summed E-state index contributed by atoms with van der Waals surface area (Å²) in [5, 5.41) is 0.0540. The molecule has 1 saturated heterocycles. The SMILES string of the molecule is CCO[C@@H]1C[C@@H](OC(=O)[C@H]2CSCCS2)C12CCCC2. The van der Waals surface area contributed by atoms with Crippen LogP contribution in [0.1, 0.15) is 39.0 Å². The Hall–Kier alpha value is 0.130. The van der Waals surface area contributed by atoms with Crippen LogP contribution in [0, 0.1) is 5.41 Å².